The number of rotatable bonds is 4. The van der Waals surface area contributed by atoms with Gasteiger partial charge in [0.15, 0.2) is 0 Å². The maximum atomic E-state index is 12.4. The van der Waals surface area contributed by atoms with Crippen LogP contribution in [0.5, 0.6) is 0 Å². The molecule has 128 valence electrons. The first-order valence-corrected chi connectivity index (χ1v) is 9.21. The number of ether oxygens (including phenoxy) is 1. The highest BCUT2D eigenvalue weighted by atomic mass is 32.1. The van der Waals surface area contributed by atoms with Crippen molar-refractivity contribution < 1.29 is 14.3 Å². The summed E-state index contributed by atoms with van der Waals surface area (Å²) in [6.45, 7) is 10.8. The first kappa shape index (κ1) is 18.0. The molecule has 23 heavy (non-hydrogen) atoms. The Balaban J connectivity index is 2.38. The lowest BCUT2D eigenvalue weighted by atomic mass is 9.72. The van der Waals surface area contributed by atoms with Gasteiger partial charge in [0.25, 0.3) is 0 Å². The van der Waals surface area contributed by atoms with Gasteiger partial charge in [-0.3, -0.25) is 4.79 Å². The maximum Gasteiger partial charge on any atom is 0.341 e. The first-order valence-electron chi connectivity index (χ1n) is 8.39. The van der Waals surface area contributed by atoms with E-state index in [0.29, 0.717) is 29.5 Å². The van der Waals surface area contributed by atoms with E-state index >= 15 is 0 Å². The molecule has 1 aromatic heterocycles. The molecule has 5 heteroatoms. The summed E-state index contributed by atoms with van der Waals surface area (Å²) in [5.41, 5.74) is 1.92. The third-order valence-electron chi connectivity index (χ3n) is 4.54. The molecule has 1 atom stereocenters. The van der Waals surface area contributed by atoms with Crippen molar-refractivity contribution >= 4 is 28.2 Å². The van der Waals surface area contributed by atoms with Crippen molar-refractivity contribution in [2.45, 2.75) is 60.3 Å². The fraction of sp³-hybridized carbons (Fsp3) is 0.667. The van der Waals surface area contributed by atoms with Crippen LogP contribution in [0.1, 0.15) is 68.3 Å². The second-order valence-corrected chi connectivity index (χ2v) is 8.24. The number of carbonyl (C=O) groups excluding carboxylic acids is 2. The third-order valence-corrected chi connectivity index (χ3v) is 5.71. The number of amides is 1. The highest BCUT2D eigenvalue weighted by Crippen LogP contribution is 2.44. The van der Waals surface area contributed by atoms with Crippen LogP contribution in [0.25, 0.3) is 0 Å². The minimum absolute atomic E-state index is 0.0680. The molecule has 1 N–H and O–H groups in total. The van der Waals surface area contributed by atoms with Crippen LogP contribution in [0.2, 0.25) is 0 Å². The average Bonchev–Trinajstić information content (AvgIpc) is 2.83. The molecule has 0 bridgehead atoms. The second-order valence-electron chi connectivity index (χ2n) is 7.14. The van der Waals surface area contributed by atoms with Gasteiger partial charge < -0.3 is 10.1 Å². The molecule has 1 aliphatic carbocycles. The Morgan fingerprint density at radius 3 is 2.57 bits per heavy atom. The molecule has 1 aliphatic rings. The number of nitrogens with one attached hydrogen (secondary N) is 1. The first-order chi connectivity index (χ1) is 10.8. The molecular formula is C18H27NO3S. The molecule has 1 amide bonds. The Bertz CT molecular complexity index is 598. The van der Waals surface area contributed by atoms with Gasteiger partial charge in [0.1, 0.15) is 5.00 Å². The number of carbonyl (C=O) groups is 2. The van der Waals surface area contributed by atoms with Gasteiger partial charge in [-0.1, -0.05) is 27.7 Å². The smallest absolute Gasteiger partial charge is 0.341 e. The van der Waals surface area contributed by atoms with Gasteiger partial charge in [-0.05, 0) is 43.1 Å². The Morgan fingerprint density at radius 2 is 2.00 bits per heavy atom. The topological polar surface area (TPSA) is 55.4 Å². The third kappa shape index (κ3) is 3.94. The lowest BCUT2D eigenvalue weighted by Gasteiger charge is -2.33. The highest BCUT2D eigenvalue weighted by Gasteiger charge is 2.34. The van der Waals surface area contributed by atoms with E-state index in [2.05, 4.69) is 26.1 Å². The predicted molar refractivity (Wildman–Crippen MR) is 94.2 cm³/mol. The summed E-state index contributed by atoms with van der Waals surface area (Å²) < 4.78 is 5.22. The van der Waals surface area contributed by atoms with E-state index < -0.39 is 0 Å². The molecule has 0 spiro atoms. The number of thiophene rings is 1. The van der Waals surface area contributed by atoms with Crippen LogP contribution >= 0.6 is 11.3 Å². The standard InChI is InChI=1S/C18H27NO3S/c1-6-14(20)19-16-15(17(21)22-7-2)12-9-8-11(18(3,4)5)10-13(12)23-16/h11H,6-10H2,1-5H3,(H,19,20)/t11-/m1/s1. The minimum Gasteiger partial charge on any atom is -0.462 e. The number of fused-ring (bicyclic) bond motifs is 1. The second kappa shape index (κ2) is 7.04. The summed E-state index contributed by atoms with van der Waals surface area (Å²) in [6, 6.07) is 0. The summed E-state index contributed by atoms with van der Waals surface area (Å²) in [5, 5.41) is 3.55. The van der Waals surface area contributed by atoms with Crippen molar-refractivity contribution in [1.29, 1.82) is 0 Å². The van der Waals surface area contributed by atoms with Crippen molar-refractivity contribution in [3.63, 3.8) is 0 Å². The lowest BCUT2D eigenvalue weighted by Crippen LogP contribution is -2.26. The van der Waals surface area contributed by atoms with Gasteiger partial charge in [0.05, 0.1) is 12.2 Å². The molecule has 0 aliphatic heterocycles. The molecule has 1 aromatic rings. The van der Waals surface area contributed by atoms with Gasteiger partial charge in [-0.25, -0.2) is 4.79 Å². The number of hydrogen-bond acceptors (Lipinski definition) is 4. The Labute approximate surface area is 142 Å². The molecule has 1 heterocycles. The normalized spacial score (nSPS) is 17.5. The quantitative estimate of drug-likeness (QED) is 0.827. The lowest BCUT2D eigenvalue weighted by molar-refractivity contribution is -0.115. The highest BCUT2D eigenvalue weighted by molar-refractivity contribution is 7.17. The summed E-state index contributed by atoms with van der Waals surface area (Å²) in [4.78, 5) is 25.4. The number of esters is 1. The molecule has 0 radical (unpaired) electrons. The van der Waals surface area contributed by atoms with Gasteiger partial charge >= 0.3 is 5.97 Å². The minimum atomic E-state index is -0.314. The van der Waals surface area contributed by atoms with Crippen molar-refractivity contribution in [3.05, 3.63) is 16.0 Å². The van der Waals surface area contributed by atoms with E-state index in [9.17, 15) is 9.59 Å². The zero-order chi connectivity index (χ0) is 17.2. The fourth-order valence-electron chi connectivity index (χ4n) is 3.05. The van der Waals surface area contributed by atoms with Crippen LogP contribution in [-0.2, 0) is 22.4 Å². The van der Waals surface area contributed by atoms with E-state index in [1.807, 2.05) is 6.92 Å². The molecule has 0 fully saturated rings. The molecule has 0 saturated heterocycles. The summed E-state index contributed by atoms with van der Waals surface area (Å²) in [7, 11) is 0. The van der Waals surface area contributed by atoms with Gasteiger partial charge in [0.2, 0.25) is 5.91 Å². The molecule has 0 saturated carbocycles. The van der Waals surface area contributed by atoms with E-state index in [-0.39, 0.29) is 17.3 Å². The number of hydrogen-bond donors (Lipinski definition) is 1. The molecular weight excluding hydrogens is 310 g/mol. The monoisotopic (exact) mass is 337 g/mol. The van der Waals surface area contributed by atoms with E-state index in [4.69, 9.17) is 4.74 Å². The van der Waals surface area contributed by atoms with E-state index in [1.54, 1.807) is 18.3 Å². The summed E-state index contributed by atoms with van der Waals surface area (Å²) in [5.74, 6) is 0.213. The number of anilines is 1. The van der Waals surface area contributed by atoms with Crippen LogP contribution in [0.4, 0.5) is 5.00 Å². The van der Waals surface area contributed by atoms with Crippen LogP contribution in [0.15, 0.2) is 0 Å². The van der Waals surface area contributed by atoms with Crippen molar-refractivity contribution in [2.24, 2.45) is 11.3 Å². The van der Waals surface area contributed by atoms with Crippen LogP contribution in [0.3, 0.4) is 0 Å². The molecule has 0 aromatic carbocycles. The maximum absolute atomic E-state index is 12.4. The van der Waals surface area contributed by atoms with E-state index in [1.165, 1.54) is 4.88 Å². The Morgan fingerprint density at radius 1 is 1.30 bits per heavy atom. The predicted octanol–water partition coefficient (Wildman–Crippen LogP) is 4.42. The molecule has 0 unspecified atom stereocenters. The van der Waals surface area contributed by atoms with Crippen molar-refractivity contribution in [2.75, 3.05) is 11.9 Å². The van der Waals surface area contributed by atoms with Crippen LogP contribution in [-0.4, -0.2) is 18.5 Å². The van der Waals surface area contributed by atoms with Gasteiger partial charge in [0, 0.05) is 11.3 Å². The fourth-order valence-corrected chi connectivity index (χ4v) is 4.38. The largest absolute Gasteiger partial charge is 0.462 e. The zero-order valence-electron chi connectivity index (χ0n) is 14.7. The van der Waals surface area contributed by atoms with Gasteiger partial charge in [-0.2, -0.15) is 0 Å². The van der Waals surface area contributed by atoms with Crippen LogP contribution in [0, 0.1) is 11.3 Å². The zero-order valence-corrected chi connectivity index (χ0v) is 15.6. The van der Waals surface area contributed by atoms with E-state index in [0.717, 1.165) is 24.8 Å². The van der Waals surface area contributed by atoms with Gasteiger partial charge in [-0.15, -0.1) is 11.3 Å². The molecule has 4 nitrogen and oxygen atoms in total. The van der Waals surface area contributed by atoms with Crippen LogP contribution < -0.4 is 5.32 Å². The SMILES string of the molecule is CCOC(=O)c1c(NC(=O)CC)sc2c1CC[C@@H](C(C)(C)C)C2. The summed E-state index contributed by atoms with van der Waals surface area (Å²) in [6.07, 6.45) is 3.32. The Hall–Kier alpha value is -1.36. The summed E-state index contributed by atoms with van der Waals surface area (Å²) >= 11 is 1.55. The molecule has 2 rings (SSSR count). The average molecular weight is 337 g/mol. The van der Waals surface area contributed by atoms with Crippen molar-refractivity contribution in [1.82, 2.24) is 0 Å². The Kier molecular flexibility index (Phi) is 5.50. The van der Waals surface area contributed by atoms with Crippen molar-refractivity contribution in [3.8, 4) is 0 Å².